The van der Waals surface area contributed by atoms with Crippen LogP contribution in [0.4, 0.5) is 5.95 Å². The van der Waals surface area contributed by atoms with E-state index < -0.39 is 0 Å². The zero-order valence-electron chi connectivity index (χ0n) is 11.8. The fourth-order valence-corrected chi connectivity index (χ4v) is 2.16. The smallest absolute Gasteiger partial charge is 0.223 e. The van der Waals surface area contributed by atoms with Crippen LogP contribution in [-0.4, -0.2) is 23.6 Å². The molecule has 0 aliphatic heterocycles. The Morgan fingerprint density at radius 2 is 2.05 bits per heavy atom. The van der Waals surface area contributed by atoms with Crippen LogP contribution in [0, 0.1) is 13.8 Å². The summed E-state index contributed by atoms with van der Waals surface area (Å²) < 4.78 is 5.48. The van der Waals surface area contributed by atoms with Gasteiger partial charge in [0.05, 0.1) is 12.8 Å². The highest BCUT2D eigenvalue weighted by molar-refractivity contribution is 5.72. The summed E-state index contributed by atoms with van der Waals surface area (Å²) in [5.41, 5.74) is 4.23. The Balaban J connectivity index is 2.54. The molecule has 0 radical (unpaired) electrons. The maximum absolute atomic E-state index is 5.48. The maximum Gasteiger partial charge on any atom is 0.223 e. The summed E-state index contributed by atoms with van der Waals surface area (Å²) in [6.07, 6.45) is 1.76. The molecular weight excluding hydrogens is 238 g/mol. The molecule has 1 aromatic heterocycles. The van der Waals surface area contributed by atoms with Crippen LogP contribution in [-0.2, 0) is 0 Å². The average Bonchev–Trinajstić information content (AvgIpc) is 2.38. The van der Waals surface area contributed by atoms with Crippen LogP contribution in [0.5, 0.6) is 5.75 Å². The van der Waals surface area contributed by atoms with Crippen LogP contribution in [0.2, 0.25) is 0 Å². The first kappa shape index (κ1) is 13.3. The number of aryl methyl sites for hydroxylation is 2. The Morgan fingerprint density at radius 3 is 2.74 bits per heavy atom. The van der Waals surface area contributed by atoms with Gasteiger partial charge in [-0.15, -0.1) is 0 Å². The van der Waals surface area contributed by atoms with Crippen LogP contribution >= 0.6 is 0 Å². The molecule has 1 heterocycles. The topological polar surface area (TPSA) is 47.0 Å². The molecule has 0 amide bonds. The molecule has 0 spiro atoms. The van der Waals surface area contributed by atoms with Gasteiger partial charge in [-0.1, -0.05) is 6.07 Å². The SMILES string of the molecule is CCNc1nccc(-c2c(C)cc(C)cc2OC)n1. The fourth-order valence-electron chi connectivity index (χ4n) is 2.16. The van der Waals surface area contributed by atoms with Gasteiger partial charge in [0.15, 0.2) is 0 Å². The van der Waals surface area contributed by atoms with Crippen molar-refractivity contribution >= 4 is 5.95 Å². The van der Waals surface area contributed by atoms with E-state index in [1.165, 1.54) is 5.56 Å². The lowest BCUT2D eigenvalue weighted by atomic mass is 10.0. The van der Waals surface area contributed by atoms with Crippen LogP contribution in [0.3, 0.4) is 0 Å². The van der Waals surface area contributed by atoms with Gasteiger partial charge in [-0.25, -0.2) is 9.97 Å². The molecule has 19 heavy (non-hydrogen) atoms. The molecule has 0 saturated heterocycles. The van der Waals surface area contributed by atoms with Gasteiger partial charge in [-0.05, 0) is 44.0 Å². The number of nitrogens with one attached hydrogen (secondary N) is 1. The molecule has 0 atom stereocenters. The minimum Gasteiger partial charge on any atom is -0.496 e. The lowest BCUT2D eigenvalue weighted by Crippen LogP contribution is -2.03. The molecule has 0 fully saturated rings. The minimum absolute atomic E-state index is 0.641. The van der Waals surface area contributed by atoms with Gasteiger partial charge in [0, 0.05) is 18.3 Å². The van der Waals surface area contributed by atoms with Gasteiger partial charge in [-0.3, -0.25) is 0 Å². The van der Waals surface area contributed by atoms with Gasteiger partial charge in [0.2, 0.25) is 5.95 Å². The van der Waals surface area contributed by atoms with Crippen LogP contribution in [0.25, 0.3) is 11.3 Å². The Kier molecular flexibility index (Phi) is 4.00. The average molecular weight is 257 g/mol. The summed E-state index contributed by atoms with van der Waals surface area (Å²) in [5, 5.41) is 3.12. The Bertz CT molecular complexity index is 582. The first-order valence-corrected chi connectivity index (χ1v) is 6.38. The predicted molar refractivity (Wildman–Crippen MR) is 77.7 cm³/mol. The van der Waals surface area contributed by atoms with E-state index in [-0.39, 0.29) is 0 Å². The van der Waals surface area contributed by atoms with Crippen LogP contribution in [0.15, 0.2) is 24.4 Å². The van der Waals surface area contributed by atoms with Gasteiger partial charge in [0.1, 0.15) is 5.75 Å². The summed E-state index contributed by atoms with van der Waals surface area (Å²) in [4.78, 5) is 8.72. The lowest BCUT2D eigenvalue weighted by Gasteiger charge is -2.13. The van der Waals surface area contributed by atoms with Crippen molar-refractivity contribution < 1.29 is 4.74 Å². The van der Waals surface area contributed by atoms with Gasteiger partial charge < -0.3 is 10.1 Å². The van der Waals surface area contributed by atoms with E-state index in [9.17, 15) is 0 Å². The normalized spacial score (nSPS) is 10.3. The van der Waals surface area contributed by atoms with Crippen molar-refractivity contribution in [1.29, 1.82) is 0 Å². The van der Waals surface area contributed by atoms with Crippen molar-refractivity contribution in [2.24, 2.45) is 0 Å². The third-order valence-electron chi connectivity index (χ3n) is 2.91. The molecule has 0 aliphatic rings. The molecule has 2 rings (SSSR count). The monoisotopic (exact) mass is 257 g/mol. The van der Waals surface area contributed by atoms with Crippen molar-refractivity contribution in [2.45, 2.75) is 20.8 Å². The summed E-state index contributed by atoms with van der Waals surface area (Å²) >= 11 is 0. The molecule has 0 bridgehead atoms. The van der Waals surface area contributed by atoms with E-state index >= 15 is 0 Å². The van der Waals surface area contributed by atoms with Crippen molar-refractivity contribution in [3.05, 3.63) is 35.5 Å². The molecule has 0 saturated carbocycles. The van der Waals surface area contributed by atoms with E-state index in [1.807, 2.05) is 19.1 Å². The molecule has 1 aromatic carbocycles. The fraction of sp³-hybridized carbons (Fsp3) is 0.333. The molecule has 4 nitrogen and oxygen atoms in total. The van der Waals surface area contributed by atoms with Gasteiger partial charge >= 0.3 is 0 Å². The lowest BCUT2D eigenvalue weighted by molar-refractivity contribution is 0.415. The molecular formula is C15H19N3O. The molecule has 2 aromatic rings. The maximum atomic E-state index is 5.48. The third kappa shape index (κ3) is 2.84. The standard InChI is InChI=1S/C15H19N3O/c1-5-16-15-17-7-6-12(18-15)14-11(3)8-10(2)9-13(14)19-4/h6-9H,5H2,1-4H3,(H,16,17,18). The van der Waals surface area contributed by atoms with E-state index in [2.05, 4.69) is 35.2 Å². The van der Waals surface area contributed by atoms with Crippen molar-refractivity contribution in [1.82, 2.24) is 9.97 Å². The zero-order chi connectivity index (χ0) is 13.8. The summed E-state index contributed by atoms with van der Waals surface area (Å²) in [5.74, 6) is 1.49. The number of hydrogen-bond donors (Lipinski definition) is 1. The number of methoxy groups -OCH3 is 1. The Morgan fingerprint density at radius 1 is 1.26 bits per heavy atom. The quantitative estimate of drug-likeness (QED) is 0.913. The van der Waals surface area contributed by atoms with E-state index in [0.717, 1.165) is 29.1 Å². The number of nitrogens with zero attached hydrogens (tertiary/aromatic N) is 2. The number of hydrogen-bond acceptors (Lipinski definition) is 4. The van der Waals surface area contributed by atoms with Gasteiger partial charge in [-0.2, -0.15) is 0 Å². The van der Waals surface area contributed by atoms with E-state index in [1.54, 1.807) is 13.3 Å². The highest BCUT2D eigenvalue weighted by atomic mass is 16.5. The molecule has 0 unspecified atom stereocenters. The second-order valence-corrected chi connectivity index (χ2v) is 4.45. The van der Waals surface area contributed by atoms with Gasteiger partial charge in [0.25, 0.3) is 0 Å². The highest BCUT2D eigenvalue weighted by Gasteiger charge is 2.12. The number of anilines is 1. The third-order valence-corrected chi connectivity index (χ3v) is 2.91. The number of ether oxygens (including phenoxy) is 1. The number of benzene rings is 1. The minimum atomic E-state index is 0.641. The molecule has 1 N–H and O–H groups in total. The first-order chi connectivity index (χ1) is 9.15. The van der Waals surface area contributed by atoms with Crippen LogP contribution < -0.4 is 10.1 Å². The highest BCUT2D eigenvalue weighted by Crippen LogP contribution is 2.33. The van der Waals surface area contributed by atoms with Crippen LogP contribution in [0.1, 0.15) is 18.1 Å². The second-order valence-electron chi connectivity index (χ2n) is 4.45. The Hall–Kier alpha value is -2.10. The first-order valence-electron chi connectivity index (χ1n) is 6.38. The second kappa shape index (κ2) is 5.69. The predicted octanol–water partition coefficient (Wildman–Crippen LogP) is 3.20. The summed E-state index contributed by atoms with van der Waals surface area (Å²) in [7, 11) is 1.68. The number of rotatable bonds is 4. The molecule has 0 aliphatic carbocycles. The van der Waals surface area contributed by atoms with Crippen molar-refractivity contribution in [3.8, 4) is 17.0 Å². The van der Waals surface area contributed by atoms with E-state index in [4.69, 9.17) is 4.74 Å². The summed E-state index contributed by atoms with van der Waals surface area (Å²) in [6, 6.07) is 6.06. The molecule has 4 heteroatoms. The largest absolute Gasteiger partial charge is 0.496 e. The summed E-state index contributed by atoms with van der Waals surface area (Å²) in [6.45, 7) is 6.95. The van der Waals surface area contributed by atoms with Crippen molar-refractivity contribution in [2.75, 3.05) is 19.0 Å². The Labute approximate surface area is 113 Å². The molecule has 100 valence electrons. The van der Waals surface area contributed by atoms with E-state index in [0.29, 0.717) is 5.95 Å². The zero-order valence-corrected chi connectivity index (χ0v) is 11.8. The number of aromatic nitrogens is 2. The van der Waals surface area contributed by atoms with Crippen molar-refractivity contribution in [3.63, 3.8) is 0 Å².